The van der Waals surface area contributed by atoms with Crippen molar-refractivity contribution in [3.05, 3.63) is 0 Å². The number of nitrogens with zero attached hydrogens (tertiary/aromatic N) is 1. The number of hydrogen-bond donors (Lipinski definition) is 2. The quantitative estimate of drug-likeness (QED) is 0.186. The lowest BCUT2D eigenvalue weighted by atomic mass is 10.0. The van der Waals surface area contributed by atoms with Gasteiger partial charge in [-0.25, -0.2) is 0 Å². The summed E-state index contributed by atoms with van der Waals surface area (Å²) in [6.45, 7) is 1.19. The second kappa shape index (κ2) is 23.7. The van der Waals surface area contributed by atoms with E-state index in [-0.39, 0.29) is 6.54 Å². The summed E-state index contributed by atoms with van der Waals surface area (Å²) in [5.41, 5.74) is 0. The van der Waals surface area contributed by atoms with Crippen LogP contribution in [0.25, 0.3) is 0 Å². The molecule has 0 fully saturated rings. The van der Waals surface area contributed by atoms with Crippen LogP contribution in [0.15, 0.2) is 0 Å². The van der Waals surface area contributed by atoms with Gasteiger partial charge in [-0.3, -0.25) is 14.5 Å². The van der Waals surface area contributed by atoms with Gasteiger partial charge in [0.15, 0.2) is 0 Å². The van der Waals surface area contributed by atoms with Crippen LogP contribution in [0.2, 0.25) is 0 Å². The van der Waals surface area contributed by atoms with Gasteiger partial charge in [-0.2, -0.15) is 0 Å². The normalized spacial score (nSPS) is 11.1. The summed E-state index contributed by atoms with van der Waals surface area (Å²) >= 11 is 0. The van der Waals surface area contributed by atoms with E-state index in [9.17, 15) is 9.59 Å². The van der Waals surface area contributed by atoms with Crippen LogP contribution in [0.5, 0.6) is 0 Å². The Labute approximate surface area is 192 Å². The Morgan fingerprint density at radius 1 is 0.484 bits per heavy atom. The predicted octanol–water partition coefficient (Wildman–Crippen LogP) is 6.15. The average molecular weight is 442 g/mol. The molecule has 2 amide bonds. The van der Waals surface area contributed by atoms with Gasteiger partial charge in [0.2, 0.25) is 0 Å². The minimum Gasteiger partial charge on any atom is -0.387 e. The molecule has 0 rings (SSSR count). The maximum absolute atomic E-state index is 11.5. The summed E-state index contributed by atoms with van der Waals surface area (Å²) in [6.07, 6.45) is 26.2. The number of unbranched alkanes of at least 4 members (excludes halogenated alkanes) is 19. The molecule has 0 bridgehead atoms. The van der Waals surface area contributed by atoms with E-state index in [2.05, 4.69) is 6.92 Å². The molecule has 0 spiro atoms. The van der Waals surface area contributed by atoms with Crippen molar-refractivity contribution in [1.82, 2.24) is 4.90 Å². The van der Waals surface area contributed by atoms with E-state index in [1.807, 2.05) is 0 Å². The fourth-order valence-electron chi connectivity index (χ4n) is 4.08. The van der Waals surface area contributed by atoms with Crippen LogP contribution in [0.3, 0.4) is 0 Å². The molecule has 0 saturated carbocycles. The summed E-state index contributed by atoms with van der Waals surface area (Å²) in [5.74, 6) is -1.26. The van der Waals surface area contributed by atoms with Gasteiger partial charge in [0.25, 0.3) is 11.8 Å². The van der Waals surface area contributed by atoms with Gasteiger partial charge < -0.3 is 10.2 Å². The number of aliphatic hydroxyl groups excluding tert-OH is 2. The topological polar surface area (TPSA) is 77.8 Å². The molecule has 0 aliphatic heterocycles. The number of rotatable bonds is 23. The lowest BCUT2D eigenvalue weighted by Gasteiger charge is -2.18. The molecule has 0 heterocycles. The van der Waals surface area contributed by atoms with Crippen LogP contribution in [0, 0.1) is 0 Å². The first-order chi connectivity index (χ1) is 15.2. The number of carbonyl (C=O) groups is 2. The van der Waals surface area contributed by atoms with E-state index in [1.165, 1.54) is 109 Å². The molecule has 0 saturated heterocycles. The molecular formula is C26H51NO4. The molecule has 0 aromatic heterocycles. The third kappa shape index (κ3) is 19.5. The van der Waals surface area contributed by atoms with Crippen LogP contribution < -0.4 is 0 Å². The molecule has 184 valence electrons. The molecule has 0 aromatic rings. The van der Waals surface area contributed by atoms with E-state index in [1.54, 1.807) is 0 Å². The van der Waals surface area contributed by atoms with Crippen molar-refractivity contribution in [1.29, 1.82) is 0 Å². The van der Waals surface area contributed by atoms with Crippen molar-refractivity contribution in [3.63, 3.8) is 0 Å². The molecule has 0 atom stereocenters. The Balaban J connectivity index is 3.29. The van der Waals surface area contributed by atoms with Gasteiger partial charge in [-0.1, -0.05) is 129 Å². The number of aliphatic hydroxyl groups is 2. The first kappa shape index (κ1) is 30.1. The highest BCUT2D eigenvalue weighted by Crippen LogP contribution is 2.15. The van der Waals surface area contributed by atoms with Crippen molar-refractivity contribution in [3.8, 4) is 0 Å². The van der Waals surface area contributed by atoms with E-state index >= 15 is 0 Å². The number of imide groups is 1. The van der Waals surface area contributed by atoms with E-state index in [4.69, 9.17) is 10.2 Å². The van der Waals surface area contributed by atoms with Crippen molar-refractivity contribution < 1.29 is 19.8 Å². The highest BCUT2D eigenvalue weighted by Gasteiger charge is 2.18. The van der Waals surface area contributed by atoms with E-state index < -0.39 is 25.0 Å². The molecule has 0 aliphatic carbocycles. The molecular weight excluding hydrogens is 390 g/mol. The first-order valence-electron chi connectivity index (χ1n) is 13.2. The SMILES string of the molecule is CCCCCCCCCCCCCCCCCCCCCCN(C(=O)CO)C(=O)CO. The van der Waals surface area contributed by atoms with Gasteiger partial charge in [0.1, 0.15) is 13.2 Å². The summed E-state index contributed by atoms with van der Waals surface area (Å²) in [4.78, 5) is 23.9. The van der Waals surface area contributed by atoms with Crippen LogP contribution in [0.4, 0.5) is 0 Å². The monoisotopic (exact) mass is 441 g/mol. The number of hydrogen-bond acceptors (Lipinski definition) is 4. The number of carbonyl (C=O) groups excluding carboxylic acids is 2. The van der Waals surface area contributed by atoms with Crippen LogP contribution >= 0.6 is 0 Å². The Hall–Kier alpha value is -0.940. The van der Waals surface area contributed by atoms with Gasteiger partial charge in [-0.05, 0) is 6.42 Å². The van der Waals surface area contributed by atoms with Crippen LogP contribution in [-0.4, -0.2) is 46.7 Å². The Kier molecular flexibility index (Phi) is 23.0. The summed E-state index contributed by atoms with van der Waals surface area (Å²) in [7, 11) is 0. The molecule has 2 N–H and O–H groups in total. The largest absolute Gasteiger partial charge is 0.387 e. The Morgan fingerprint density at radius 3 is 1.00 bits per heavy atom. The van der Waals surface area contributed by atoms with Gasteiger partial charge in [0, 0.05) is 6.54 Å². The fourth-order valence-corrected chi connectivity index (χ4v) is 4.08. The second-order valence-corrected chi connectivity index (χ2v) is 8.97. The predicted molar refractivity (Wildman–Crippen MR) is 129 cm³/mol. The maximum Gasteiger partial charge on any atom is 0.254 e. The molecule has 5 heteroatoms. The van der Waals surface area contributed by atoms with Crippen molar-refractivity contribution in [2.45, 2.75) is 135 Å². The van der Waals surface area contributed by atoms with Crippen molar-refractivity contribution in [2.75, 3.05) is 19.8 Å². The van der Waals surface area contributed by atoms with Gasteiger partial charge in [-0.15, -0.1) is 0 Å². The summed E-state index contributed by atoms with van der Waals surface area (Å²) in [5, 5.41) is 17.8. The lowest BCUT2D eigenvalue weighted by Crippen LogP contribution is -2.41. The molecule has 0 aliphatic rings. The van der Waals surface area contributed by atoms with Gasteiger partial charge >= 0.3 is 0 Å². The second-order valence-electron chi connectivity index (χ2n) is 8.97. The zero-order chi connectivity index (χ0) is 23.0. The molecule has 0 radical (unpaired) electrons. The smallest absolute Gasteiger partial charge is 0.254 e. The fraction of sp³-hybridized carbons (Fsp3) is 0.923. The number of amides is 2. The molecule has 0 aromatic carbocycles. The van der Waals surface area contributed by atoms with E-state index in [0.29, 0.717) is 0 Å². The van der Waals surface area contributed by atoms with E-state index in [0.717, 1.165) is 24.2 Å². The maximum atomic E-state index is 11.5. The summed E-state index contributed by atoms with van der Waals surface area (Å²) in [6, 6.07) is 0. The highest BCUT2D eigenvalue weighted by atomic mass is 16.3. The van der Waals surface area contributed by atoms with Crippen molar-refractivity contribution >= 4 is 11.8 Å². The molecule has 0 unspecified atom stereocenters. The lowest BCUT2D eigenvalue weighted by molar-refractivity contribution is -0.148. The first-order valence-corrected chi connectivity index (χ1v) is 13.2. The minimum absolute atomic E-state index is 0.289. The zero-order valence-electron chi connectivity index (χ0n) is 20.4. The minimum atomic E-state index is -0.690. The third-order valence-corrected chi connectivity index (χ3v) is 6.11. The third-order valence-electron chi connectivity index (χ3n) is 6.11. The standard InChI is InChI=1S/C26H51NO4/c1-2-3-4-5-6-7-8-9-10-11-12-13-14-15-16-17-18-19-20-21-22-27(25(30)23-28)26(31)24-29/h28-29H,2-24H2,1H3. The Morgan fingerprint density at radius 2 is 0.742 bits per heavy atom. The molecule has 5 nitrogen and oxygen atoms in total. The van der Waals surface area contributed by atoms with Crippen molar-refractivity contribution in [2.24, 2.45) is 0 Å². The van der Waals surface area contributed by atoms with Crippen LogP contribution in [0.1, 0.15) is 135 Å². The highest BCUT2D eigenvalue weighted by molar-refractivity contribution is 5.96. The van der Waals surface area contributed by atoms with Crippen LogP contribution in [-0.2, 0) is 9.59 Å². The average Bonchev–Trinajstić information content (AvgIpc) is 2.79. The molecule has 31 heavy (non-hydrogen) atoms. The zero-order valence-corrected chi connectivity index (χ0v) is 20.4. The Bertz CT molecular complexity index is 398. The summed E-state index contributed by atoms with van der Waals surface area (Å²) < 4.78 is 0. The van der Waals surface area contributed by atoms with Gasteiger partial charge in [0.05, 0.1) is 0 Å².